The summed E-state index contributed by atoms with van der Waals surface area (Å²) in [5.41, 5.74) is -1.63. The molecule has 0 amide bonds. The molecule has 2 atom stereocenters. The second-order valence-corrected chi connectivity index (χ2v) is 7.58. The van der Waals surface area contributed by atoms with Gasteiger partial charge in [-0.15, -0.1) is 0 Å². The highest BCUT2D eigenvalue weighted by atomic mass is 16.6. The van der Waals surface area contributed by atoms with Gasteiger partial charge in [-0.3, -0.25) is 14.4 Å². The largest absolute Gasteiger partial charge is 0.508 e. The molecular formula is C23H22O9. The third kappa shape index (κ3) is 4.41. The van der Waals surface area contributed by atoms with E-state index in [0.717, 1.165) is 6.07 Å². The van der Waals surface area contributed by atoms with Crippen molar-refractivity contribution in [3.8, 4) is 11.5 Å². The van der Waals surface area contributed by atoms with Gasteiger partial charge in [-0.05, 0) is 49.3 Å². The first-order chi connectivity index (χ1) is 15.0. The number of benzene rings is 1. The van der Waals surface area contributed by atoms with E-state index in [-0.39, 0.29) is 35.5 Å². The van der Waals surface area contributed by atoms with Crippen LogP contribution in [0.2, 0.25) is 0 Å². The molecule has 0 fully saturated rings. The summed E-state index contributed by atoms with van der Waals surface area (Å²) in [6.07, 6.45) is 5.44. The van der Waals surface area contributed by atoms with Gasteiger partial charge in [0.05, 0.1) is 11.8 Å². The quantitative estimate of drug-likeness (QED) is 0.399. The molecule has 1 aliphatic heterocycles. The van der Waals surface area contributed by atoms with Crippen LogP contribution in [-0.4, -0.2) is 52.0 Å². The first-order valence-electron chi connectivity index (χ1n) is 9.74. The average Bonchev–Trinajstić information content (AvgIpc) is 2.69. The van der Waals surface area contributed by atoms with Gasteiger partial charge in [0.15, 0.2) is 0 Å². The van der Waals surface area contributed by atoms with Gasteiger partial charge in [0, 0.05) is 19.4 Å². The molecule has 0 saturated carbocycles. The maximum atomic E-state index is 13.1. The Morgan fingerprint density at radius 3 is 2.66 bits per heavy atom. The van der Waals surface area contributed by atoms with Gasteiger partial charge in [-0.25, -0.2) is 4.79 Å². The van der Waals surface area contributed by atoms with Crippen LogP contribution in [0.1, 0.15) is 36.2 Å². The van der Waals surface area contributed by atoms with Crippen molar-refractivity contribution in [1.82, 2.24) is 0 Å². The molecule has 0 radical (unpaired) electrons. The van der Waals surface area contributed by atoms with Gasteiger partial charge >= 0.3 is 11.9 Å². The molecule has 0 spiro atoms. The highest BCUT2D eigenvalue weighted by Gasteiger charge is 2.50. The SMILES string of the molecule is CC(=O)OC/C=C/C1CC2=CC(=O)[C@](C)(OC(=O)c3c(C)cc(O)cc3O)C(=O)C2=CO1. The van der Waals surface area contributed by atoms with Gasteiger partial charge < -0.3 is 24.4 Å². The van der Waals surface area contributed by atoms with Crippen molar-refractivity contribution in [3.63, 3.8) is 0 Å². The molecule has 168 valence electrons. The van der Waals surface area contributed by atoms with Crippen LogP contribution in [0.25, 0.3) is 0 Å². The number of carbonyl (C=O) groups excluding carboxylic acids is 4. The number of ether oxygens (including phenoxy) is 3. The molecule has 1 heterocycles. The van der Waals surface area contributed by atoms with Crippen LogP contribution in [0, 0.1) is 6.92 Å². The number of ketones is 2. The third-order valence-electron chi connectivity index (χ3n) is 5.12. The van der Waals surface area contributed by atoms with E-state index in [0.29, 0.717) is 5.57 Å². The molecule has 1 aromatic rings. The fraction of sp³-hybridized carbons (Fsp3) is 0.304. The number of fused-ring (bicyclic) bond motifs is 1. The van der Waals surface area contributed by atoms with Crippen LogP contribution in [-0.2, 0) is 28.6 Å². The van der Waals surface area contributed by atoms with Crippen molar-refractivity contribution >= 4 is 23.5 Å². The van der Waals surface area contributed by atoms with E-state index in [1.165, 1.54) is 39.2 Å². The number of esters is 2. The molecular weight excluding hydrogens is 420 g/mol. The van der Waals surface area contributed by atoms with E-state index in [4.69, 9.17) is 14.2 Å². The molecule has 9 nitrogen and oxygen atoms in total. The van der Waals surface area contributed by atoms with E-state index >= 15 is 0 Å². The fourth-order valence-electron chi connectivity index (χ4n) is 3.44. The molecule has 1 unspecified atom stereocenters. The summed E-state index contributed by atoms with van der Waals surface area (Å²) in [5.74, 6) is -3.75. The smallest absolute Gasteiger partial charge is 0.343 e. The highest BCUT2D eigenvalue weighted by Crippen LogP contribution is 2.36. The predicted octanol–water partition coefficient (Wildman–Crippen LogP) is 2.19. The fourth-order valence-corrected chi connectivity index (χ4v) is 3.44. The van der Waals surface area contributed by atoms with Crippen LogP contribution >= 0.6 is 0 Å². The Balaban J connectivity index is 1.80. The molecule has 2 N–H and O–H groups in total. The zero-order valence-corrected chi connectivity index (χ0v) is 17.7. The van der Waals surface area contributed by atoms with E-state index in [1.807, 2.05) is 0 Å². The van der Waals surface area contributed by atoms with Gasteiger partial charge in [-0.1, -0.05) is 0 Å². The summed E-state index contributed by atoms with van der Waals surface area (Å²) in [5, 5.41) is 19.5. The molecule has 0 bridgehead atoms. The van der Waals surface area contributed by atoms with Crippen molar-refractivity contribution in [2.24, 2.45) is 0 Å². The van der Waals surface area contributed by atoms with Crippen LogP contribution in [0.3, 0.4) is 0 Å². The average molecular weight is 442 g/mol. The van der Waals surface area contributed by atoms with Gasteiger partial charge in [0.25, 0.3) is 0 Å². The second-order valence-electron chi connectivity index (χ2n) is 7.58. The van der Waals surface area contributed by atoms with Crippen LogP contribution in [0.5, 0.6) is 11.5 Å². The van der Waals surface area contributed by atoms with E-state index < -0.39 is 41.0 Å². The lowest BCUT2D eigenvalue weighted by atomic mass is 9.78. The Bertz CT molecular complexity index is 1070. The molecule has 2 aliphatic rings. The minimum Gasteiger partial charge on any atom is -0.508 e. The predicted molar refractivity (Wildman–Crippen MR) is 110 cm³/mol. The Morgan fingerprint density at radius 1 is 1.28 bits per heavy atom. The van der Waals surface area contributed by atoms with Crippen molar-refractivity contribution in [2.75, 3.05) is 6.61 Å². The summed E-state index contributed by atoms with van der Waals surface area (Å²) in [4.78, 5) is 49.3. The number of rotatable bonds is 5. The topological polar surface area (TPSA) is 136 Å². The molecule has 32 heavy (non-hydrogen) atoms. The van der Waals surface area contributed by atoms with Crippen LogP contribution < -0.4 is 0 Å². The molecule has 0 aromatic heterocycles. The number of hydrogen-bond donors (Lipinski definition) is 2. The standard InChI is InChI=1S/C23H22O9/c1-12-7-15(25)10-18(26)20(12)22(29)32-23(3)19(27)9-14-8-16(5-4-6-30-13(2)24)31-11-17(14)21(23)28/h4-5,7,9-11,16,25-26H,6,8H2,1-3H3/b5-4+/t16?,23-/m0/s1. The number of aromatic hydroxyl groups is 2. The number of aryl methyl sites for hydroxylation is 1. The lowest BCUT2D eigenvalue weighted by Crippen LogP contribution is -2.51. The molecule has 0 saturated heterocycles. The highest BCUT2D eigenvalue weighted by molar-refractivity contribution is 6.26. The summed E-state index contributed by atoms with van der Waals surface area (Å²) in [6.45, 7) is 4.01. The van der Waals surface area contributed by atoms with E-state index in [1.54, 1.807) is 12.2 Å². The lowest BCUT2D eigenvalue weighted by molar-refractivity contribution is -0.145. The zero-order chi connectivity index (χ0) is 23.6. The Labute approximate surface area is 183 Å². The van der Waals surface area contributed by atoms with Gasteiger partial charge in [-0.2, -0.15) is 0 Å². The maximum absolute atomic E-state index is 13.1. The minimum absolute atomic E-state index is 0.0697. The van der Waals surface area contributed by atoms with Crippen LogP contribution in [0.15, 0.2) is 47.8 Å². The maximum Gasteiger partial charge on any atom is 0.343 e. The van der Waals surface area contributed by atoms with Crippen molar-refractivity contribution < 1.29 is 43.6 Å². The Morgan fingerprint density at radius 2 is 2.00 bits per heavy atom. The summed E-state index contributed by atoms with van der Waals surface area (Å²) in [6, 6.07) is 2.20. The number of Topliss-reactive ketones (excluding diaryl/α,β-unsaturated/α-hetero) is 1. The van der Waals surface area contributed by atoms with E-state index in [2.05, 4.69) is 0 Å². The van der Waals surface area contributed by atoms with Crippen molar-refractivity contribution in [1.29, 1.82) is 0 Å². The Hall–Kier alpha value is -3.88. The molecule has 3 rings (SSSR count). The van der Waals surface area contributed by atoms with Crippen molar-refractivity contribution in [2.45, 2.75) is 38.9 Å². The first kappa shape index (κ1) is 22.8. The number of carbonyl (C=O) groups is 4. The Kier molecular flexibility index (Phi) is 6.20. The molecule has 1 aromatic carbocycles. The van der Waals surface area contributed by atoms with Crippen LogP contribution in [0.4, 0.5) is 0 Å². The van der Waals surface area contributed by atoms with Gasteiger partial charge in [0.2, 0.25) is 17.2 Å². The first-order valence-corrected chi connectivity index (χ1v) is 9.74. The van der Waals surface area contributed by atoms with Crippen molar-refractivity contribution in [3.05, 3.63) is 58.9 Å². The molecule has 1 aliphatic carbocycles. The van der Waals surface area contributed by atoms with Gasteiger partial charge in [0.1, 0.15) is 29.8 Å². The summed E-state index contributed by atoms with van der Waals surface area (Å²) >= 11 is 0. The third-order valence-corrected chi connectivity index (χ3v) is 5.12. The lowest BCUT2D eigenvalue weighted by Gasteiger charge is -2.33. The van der Waals surface area contributed by atoms with E-state index in [9.17, 15) is 29.4 Å². The minimum atomic E-state index is -2.13. The second kappa shape index (κ2) is 8.70. The normalized spacial score (nSPS) is 22.5. The number of phenolic OH excluding ortho intramolecular Hbond substituents is 2. The molecule has 9 heteroatoms. The number of phenols is 2. The monoisotopic (exact) mass is 442 g/mol. The number of hydrogen-bond acceptors (Lipinski definition) is 9. The zero-order valence-electron chi connectivity index (χ0n) is 17.7. The summed E-state index contributed by atoms with van der Waals surface area (Å²) < 4.78 is 15.6. The summed E-state index contributed by atoms with van der Waals surface area (Å²) in [7, 11) is 0.